The number of aliphatic hydroxyl groups excluding tert-OH is 1. The molecule has 0 saturated heterocycles. The summed E-state index contributed by atoms with van der Waals surface area (Å²) in [5, 5.41) is 12.7. The zero-order valence-electron chi connectivity index (χ0n) is 17.9. The first-order valence-electron chi connectivity index (χ1n) is 10.5. The first kappa shape index (κ1) is 22.1. The van der Waals surface area contributed by atoms with Crippen LogP contribution in [0.1, 0.15) is 56.3 Å². The lowest BCUT2D eigenvalue weighted by Gasteiger charge is -2.35. The van der Waals surface area contributed by atoms with Crippen LogP contribution in [0.15, 0.2) is 48.5 Å². The second-order valence-electron chi connectivity index (χ2n) is 9.04. The third kappa shape index (κ3) is 5.37. The zero-order chi connectivity index (χ0) is 22.2. The van der Waals surface area contributed by atoms with Gasteiger partial charge >= 0.3 is 6.09 Å². The molecule has 2 aromatic carbocycles. The van der Waals surface area contributed by atoms with Crippen molar-refractivity contribution in [3.05, 3.63) is 64.1 Å². The number of carbonyl (C=O) groups is 1. The lowest BCUT2D eigenvalue weighted by atomic mass is 10.0. The number of nitrogens with zero attached hydrogens (tertiary/aromatic N) is 2. The van der Waals surface area contributed by atoms with E-state index in [0.29, 0.717) is 28.1 Å². The maximum absolute atomic E-state index is 13.3. The quantitative estimate of drug-likeness (QED) is 0.466. The van der Waals surface area contributed by atoms with E-state index in [1.807, 2.05) is 51.1 Å². The SMILES string of the molecule is CC(C)(C)OC(=O)N(CC1CC1)[C@@H](c1nc2ccccc2s1)[C@@H](O)c1cccc(Cl)c1. The Morgan fingerprint density at radius 3 is 2.65 bits per heavy atom. The van der Waals surface area contributed by atoms with Gasteiger partial charge in [-0.1, -0.05) is 35.9 Å². The van der Waals surface area contributed by atoms with Gasteiger partial charge in [-0.05, 0) is 69.4 Å². The van der Waals surface area contributed by atoms with E-state index in [-0.39, 0.29) is 0 Å². The Kier molecular flexibility index (Phi) is 6.24. The van der Waals surface area contributed by atoms with Crippen LogP contribution < -0.4 is 0 Å². The molecule has 1 saturated carbocycles. The van der Waals surface area contributed by atoms with Crippen molar-refractivity contribution in [2.45, 2.75) is 51.4 Å². The highest BCUT2D eigenvalue weighted by atomic mass is 35.5. The maximum atomic E-state index is 13.3. The molecule has 1 amide bonds. The molecule has 0 radical (unpaired) electrons. The summed E-state index contributed by atoms with van der Waals surface area (Å²) < 4.78 is 6.75. The molecule has 164 valence electrons. The fraction of sp³-hybridized carbons (Fsp3) is 0.417. The van der Waals surface area contributed by atoms with Crippen molar-refractivity contribution in [2.75, 3.05) is 6.54 Å². The Labute approximate surface area is 191 Å². The van der Waals surface area contributed by atoms with E-state index in [2.05, 4.69) is 0 Å². The second kappa shape index (κ2) is 8.77. The van der Waals surface area contributed by atoms with Gasteiger partial charge in [0.1, 0.15) is 22.8 Å². The number of carbonyl (C=O) groups excluding carboxylic acids is 1. The fourth-order valence-corrected chi connectivity index (χ4v) is 4.84. The van der Waals surface area contributed by atoms with Crippen LogP contribution in [-0.4, -0.2) is 33.2 Å². The van der Waals surface area contributed by atoms with Gasteiger partial charge in [-0.3, -0.25) is 4.90 Å². The molecule has 4 rings (SSSR count). The number of halogens is 1. The number of para-hydroxylation sites is 1. The van der Waals surface area contributed by atoms with Crippen molar-refractivity contribution in [3.8, 4) is 0 Å². The molecule has 5 nitrogen and oxygen atoms in total. The minimum Gasteiger partial charge on any atom is -0.444 e. The van der Waals surface area contributed by atoms with Gasteiger partial charge in [0, 0.05) is 11.6 Å². The number of hydrogen-bond donors (Lipinski definition) is 1. The van der Waals surface area contributed by atoms with Gasteiger partial charge in [0.15, 0.2) is 0 Å². The molecule has 0 spiro atoms. The van der Waals surface area contributed by atoms with Crippen LogP contribution in [0, 0.1) is 5.92 Å². The van der Waals surface area contributed by atoms with E-state index in [1.54, 1.807) is 23.1 Å². The van der Waals surface area contributed by atoms with Gasteiger partial charge in [-0.25, -0.2) is 9.78 Å². The lowest BCUT2D eigenvalue weighted by molar-refractivity contribution is -0.00883. The van der Waals surface area contributed by atoms with Crippen LogP contribution in [0.3, 0.4) is 0 Å². The average molecular weight is 459 g/mol. The number of aromatic nitrogens is 1. The second-order valence-corrected chi connectivity index (χ2v) is 10.5. The van der Waals surface area contributed by atoms with Crippen molar-refractivity contribution in [1.82, 2.24) is 9.88 Å². The molecule has 1 N–H and O–H groups in total. The summed E-state index contributed by atoms with van der Waals surface area (Å²) in [6.45, 7) is 6.06. The third-order valence-corrected chi connectivity index (χ3v) is 6.51. The molecule has 0 unspecified atom stereocenters. The van der Waals surface area contributed by atoms with Crippen molar-refractivity contribution < 1.29 is 14.6 Å². The van der Waals surface area contributed by atoms with Crippen LogP contribution in [0.4, 0.5) is 4.79 Å². The van der Waals surface area contributed by atoms with Crippen LogP contribution in [-0.2, 0) is 4.74 Å². The van der Waals surface area contributed by atoms with Gasteiger partial charge in [0.2, 0.25) is 0 Å². The molecule has 0 aliphatic heterocycles. The molecule has 1 aromatic heterocycles. The number of rotatable bonds is 6. The predicted octanol–water partition coefficient (Wildman–Crippen LogP) is 6.37. The van der Waals surface area contributed by atoms with Crippen LogP contribution in [0.5, 0.6) is 0 Å². The molecule has 1 aliphatic rings. The molecule has 2 atom stereocenters. The summed E-state index contributed by atoms with van der Waals surface area (Å²) in [5.74, 6) is 0.413. The molecule has 3 aromatic rings. The minimum absolute atomic E-state index is 0.413. The van der Waals surface area contributed by atoms with Crippen molar-refractivity contribution in [1.29, 1.82) is 0 Å². The summed E-state index contributed by atoms with van der Waals surface area (Å²) in [5.41, 5.74) is 0.848. The highest BCUT2D eigenvalue weighted by Crippen LogP contribution is 2.42. The van der Waals surface area contributed by atoms with Gasteiger partial charge in [0.25, 0.3) is 0 Å². The number of fused-ring (bicyclic) bond motifs is 1. The van der Waals surface area contributed by atoms with Crippen molar-refractivity contribution in [2.24, 2.45) is 5.92 Å². The molecule has 1 fully saturated rings. The predicted molar refractivity (Wildman–Crippen MR) is 124 cm³/mol. The van der Waals surface area contributed by atoms with E-state index in [4.69, 9.17) is 21.3 Å². The molecule has 1 aliphatic carbocycles. The molecular formula is C24H27ClN2O3S. The van der Waals surface area contributed by atoms with Gasteiger partial charge in [0.05, 0.1) is 10.2 Å². The van der Waals surface area contributed by atoms with E-state index in [1.165, 1.54) is 11.3 Å². The minimum atomic E-state index is -0.995. The highest BCUT2D eigenvalue weighted by Gasteiger charge is 2.40. The molecule has 0 bridgehead atoms. The number of aliphatic hydroxyl groups is 1. The van der Waals surface area contributed by atoms with Crippen LogP contribution in [0.25, 0.3) is 10.2 Å². The number of thiazole rings is 1. The number of ether oxygens (including phenoxy) is 1. The number of benzene rings is 2. The normalized spacial score (nSPS) is 16.2. The highest BCUT2D eigenvalue weighted by molar-refractivity contribution is 7.18. The Morgan fingerprint density at radius 2 is 2.00 bits per heavy atom. The van der Waals surface area contributed by atoms with E-state index < -0.39 is 23.8 Å². The molecule has 1 heterocycles. The summed E-state index contributed by atoms with van der Waals surface area (Å²) >= 11 is 7.69. The van der Waals surface area contributed by atoms with E-state index >= 15 is 0 Å². The Hall–Kier alpha value is -2.15. The van der Waals surface area contributed by atoms with E-state index in [9.17, 15) is 9.90 Å². The van der Waals surface area contributed by atoms with Crippen molar-refractivity contribution >= 4 is 39.2 Å². The van der Waals surface area contributed by atoms with Gasteiger partial charge in [-0.15, -0.1) is 11.3 Å². The average Bonchev–Trinajstić information content (AvgIpc) is 3.42. The summed E-state index contributed by atoms with van der Waals surface area (Å²) in [4.78, 5) is 19.7. The first-order valence-corrected chi connectivity index (χ1v) is 11.7. The summed E-state index contributed by atoms with van der Waals surface area (Å²) in [7, 11) is 0. The molecule has 31 heavy (non-hydrogen) atoms. The smallest absolute Gasteiger partial charge is 0.410 e. The third-order valence-electron chi connectivity index (χ3n) is 5.17. The topological polar surface area (TPSA) is 62.7 Å². The van der Waals surface area contributed by atoms with Gasteiger partial charge < -0.3 is 9.84 Å². The largest absolute Gasteiger partial charge is 0.444 e. The zero-order valence-corrected chi connectivity index (χ0v) is 19.5. The van der Waals surface area contributed by atoms with Crippen LogP contribution in [0.2, 0.25) is 5.02 Å². The Balaban J connectivity index is 1.79. The first-order chi connectivity index (χ1) is 14.7. The summed E-state index contributed by atoms with van der Waals surface area (Å²) in [6, 6.07) is 14.3. The molecular weight excluding hydrogens is 432 g/mol. The fourth-order valence-electron chi connectivity index (χ4n) is 3.53. The lowest BCUT2D eigenvalue weighted by Crippen LogP contribution is -2.42. The Bertz CT molecular complexity index is 1040. The van der Waals surface area contributed by atoms with Crippen molar-refractivity contribution in [3.63, 3.8) is 0 Å². The standard InChI is InChI=1S/C24H27ClN2O3S/c1-24(2,3)30-23(29)27(14-15-11-12-15)20(21(28)16-7-6-8-17(25)13-16)22-26-18-9-4-5-10-19(18)31-22/h4-10,13,15,20-21,28H,11-12,14H2,1-3H3/t20-,21+/m1/s1. The monoisotopic (exact) mass is 458 g/mol. The van der Waals surface area contributed by atoms with Crippen LogP contribution >= 0.6 is 22.9 Å². The number of hydrogen-bond acceptors (Lipinski definition) is 5. The Morgan fingerprint density at radius 1 is 1.26 bits per heavy atom. The maximum Gasteiger partial charge on any atom is 0.410 e. The van der Waals surface area contributed by atoms with E-state index in [0.717, 1.165) is 23.1 Å². The van der Waals surface area contributed by atoms with Gasteiger partial charge in [-0.2, -0.15) is 0 Å². The summed E-state index contributed by atoms with van der Waals surface area (Å²) in [6.07, 6.45) is 0.702. The number of amides is 1. The molecule has 7 heteroatoms.